The van der Waals surface area contributed by atoms with Crippen molar-refractivity contribution in [3.8, 4) is 0 Å². The van der Waals surface area contributed by atoms with Gasteiger partial charge in [-0.25, -0.2) is 0 Å². The fourth-order valence-corrected chi connectivity index (χ4v) is 2.71. The molecule has 0 saturated carbocycles. The standard InChI is InChI=1S/C16H17BN2/c1-2-17-18(15-9-5-3-6-10-15)13-14-19(17)16-11-7-4-8-12-16/h2-12H,1,13-14H2. The number of hydrogen-bond acceptors (Lipinski definition) is 2. The van der Waals surface area contributed by atoms with Gasteiger partial charge in [-0.1, -0.05) is 42.4 Å². The SMILES string of the molecule is C=CB1N(c2ccccc2)CCN1c1ccccc1. The average Bonchev–Trinajstić information content (AvgIpc) is 2.93. The van der Waals surface area contributed by atoms with Crippen LogP contribution in [0.4, 0.5) is 11.4 Å². The third-order valence-corrected chi connectivity index (χ3v) is 3.61. The van der Waals surface area contributed by atoms with Gasteiger partial charge in [0.25, 0.3) is 0 Å². The van der Waals surface area contributed by atoms with Gasteiger partial charge in [0, 0.05) is 24.5 Å². The fourth-order valence-electron chi connectivity index (χ4n) is 2.71. The Balaban J connectivity index is 1.89. The van der Waals surface area contributed by atoms with Crippen LogP contribution in [0.1, 0.15) is 0 Å². The molecule has 3 rings (SSSR count). The highest BCUT2D eigenvalue weighted by molar-refractivity contribution is 6.73. The van der Waals surface area contributed by atoms with E-state index in [2.05, 4.69) is 76.9 Å². The Labute approximate surface area is 115 Å². The lowest BCUT2D eigenvalue weighted by Crippen LogP contribution is -2.42. The summed E-state index contributed by atoms with van der Waals surface area (Å²) >= 11 is 0. The van der Waals surface area contributed by atoms with Gasteiger partial charge in [-0.15, -0.1) is 6.58 Å². The van der Waals surface area contributed by atoms with Crippen LogP contribution in [-0.2, 0) is 0 Å². The van der Waals surface area contributed by atoms with Crippen molar-refractivity contribution in [2.75, 3.05) is 22.7 Å². The minimum Gasteiger partial charge on any atom is -0.391 e. The lowest BCUT2D eigenvalue weighted by Gasteiger charge is -2.26. The largest absolute Gasteiger partial charge is 0.403 e. The second-order valence-electron chi connectivity index (χ2n) is 4.71. The van der Waals surface area contributed by atoms with E-state index in [1.165, 1.54) is 11.4 Å². The van der Waals surface area contributed by atoms with Gasteiger partial charge in [0.2, 0.25) is 0 Å². The van der Waals surface area contributed by atoms with Crippen molar-refractivity contribution >= 4 is 18.4 Å². The molecular weight excluding hydrogens is 231 g/mol. The van der Waals surface area contributed by atoms with Crippen molar-refractivity contribution < 1.29 is 0 Å². The summed E-state index contributed by atoms with van der Waals surface area (Å²) in [6, 6.07) is 21.1. The van der Waals surface area contributed by atoms with Gasteiger partial charge >= 0.3 is 6.98 Å². The molecule has 0 spiro atoms. The summed E-state index contributed by atoms with van der Waals surface area (Å²) in [5.41, 5.74) is 2.51. The van der Waals surface area contributed by atoms with Crippen LogP contribution in [0.2, 0.25) is 0 Å². The second kappa shape index (κ2) is 5.23. The first-order chi connectivity index (χ1) is 9.40. The molecule has 19 heavy (non-hydrogen) atoms. The van der Waals surface area contributed by atoms with E-state index < -0.39 is 0 Å². The van der Waals surface area contributed by atoms with Gasteiger partial charge < -0.3 is 9.62 Å². The first kappa shape index (κ1) is 11.9. The summed E-state index contributed by atoms with van der Waals surface area (Å²) in [4.78, 5) is 4.78. The molecule has 1 fully saturated rings. The molecule has 3 heteroatoms. The van der Waals surface area contributed by atoms with Gasteiger partial charge in [0.05, 0.1) is 0 Å². The summed E-state index contributed by atoms with van der Waals surface area (Å²) in [7, 11) is 0. The van der Waals surface area contributed by atoms with Crippen LogP contribution in [0, 0.1) is 0 Å². The van der Waals surface area contributed by atoms with Crippen LogP contribution in [0.15, 0.2) is 73.2 Å². The molecule has 1 heterocycles. The minimum absolute atomic E-state index is 0.227. The maximum absolute atomic E-state index is 4.01. The molecule has 0 radical (unpaired) electrons. The minimum atomic E-state index is 0.227. The number of anilines is 2. The van der Waals surface area contributed by atoms with E-state index in [0.717, 1.165) is 13.1 Å². The summed E-state index contributed by atoms with van der Waals surface area (Å²) in [5, 5.41) is 0. The second-order valence-corrected chi connectivity index (χ2v) is 4.71. The molecule has 94 valence electrons. The number of nitrogens with zero attached hydrogens (tertiary/aromatic N) is 2. The van der Waals surface area contributed by atoms with E-state index in [-0.39, 0.29) is 6.98 Å². The first-order valence-electron chi connectivity index (χ1n) is 6.66. The average molecular weight is 248 g/mol. The van der Waals surface area contributed by atoms with Crippen LogP contribution in [0.3, 0.4) is 0 Å². The van der Waals surface area contributed by atoms with Gasteiger partial charge in [0.15, 0.2) is 0 Å². The highest BCUT2D eigenvalue weighted by Crippen LogP contribution is 2.26. The first-order valence-corrected chi connectivity index (χ1v) is 6.66. The molecule has 0 aliphatic carbocycles. The lowest BCUT2D eigenvalue weighted by atomic mass is 9.73. The number of para-hydroxylation sites is 2. The molecule has 0 aromatic heterocycles. The Morgan fingerprint density at radius 1 is 0.789 bits per heavy atom. The van der Waals surface area contributed by atoms with Crippen molar-refractivity contribution in [2.24, 2.45) is 0 Å². The van der Waals surface area contributed by atoms with Crippen molar-refractivity contribution in [1.29, 1.82) is 0 Å². The Morgan fingerprint density at radius 3 is 1.58 bits per heavy atom. The zero-order chi connectivity index (χ0) is 13.1. The highest BCUT2D eigenvalue weighted by atomic mass is 15.3. The number of rotatable bonds is 3. The van der Waals surface area contributed by atoms with Crippen LogP contribution < -0.4 is 9.62 Å². The number of benzene rings is 2. The smallest absolute Gasteiger partial charge is 0.391 e. The monoisotopic (exact) mass is 248 g/mol. The molecule has 1 saturated heterocycles. The Hall–Kier alpha value is -2.16. The van der Waals surface area contributed by atoms with Crippen molar-refractivity contribution in [3.63, 3.8) is 0 Å². The quantitative estimate of drug-likeness (QED) is 0.769. The molecule has 0 N–H and O–H groups in total. The maximum Gasteiger partial charge on any atom is 0.403 e. The predicted molar refractivity (Wildman–Crippen MR) is 83.5 cm³/mol. The Morgan fingerprint density at radius 2 is 1.21 bits per heavy atom. The van der Waals surface area contributed by atoms with Crippen LogP contribution in [0.25, 0.3) is 0 Å². The van der Waals surface area contributed by atoms with E-state index in [0.29, 0.717) is 0 Å². The van der Waals surface area contributed by atoms with E-state index in [4.69, 9.17) is 0 Å². The summed E-state index contributed by atoms with van der Waals surface area (Å²) in [5.74, 6) is 2.02. The van der Waals surface area contributed by atoms with Crippen LogP contribution in [0.5, 0.6) is 0 Å². The molecule has 2 nitrogen and oxygen atoms in total. The van der Waals surface area contributed by atoms with Gasteiger partial charge in [0.1, 0.15) is 0 Å². The molecule has 1 aliphatic heterocycles. The van der Waals surface area contributed by atoms with E-state index in [1.807, 2.05) is 5.98 Å². The summed E-state index contributed by atoms with van der Waals surface area (Å²) < 4.78 is 0. The van der Waals surface area contributed by atoms with Gasteiger partial charge in [-0.3, -0.25) is 0 Å². The van der Waals surface area contributed by atoms with Crippen LogP contribution >= 0.6 is 0 Å². The van der Waals surface area contributed by atoms with Gasteiger partial charge in [-0.05, 0) is 24.3 Å². The van der Waals surface area contributed by atoms with Crippen molar-refractivity contribution in [1.82, 2.24) is 0 Å². The zero-order valence-electron chi connectivity index (χ0n) is 10.9. The van der Waals surface area contributed by atoms with Gasteiger partial charge in [-0.2, -0.15) is 0 Å². The predicted octanol–water partition coefficient (Wildman–Crippen LogP) is 3.23. The molecule has 1 aliphatic rings. The molecule has 0 atom stereocenters. The molecule has 0 unspecified atom stereocenters. The Kier molecular flexibility index (Phi) is 3.28. The zero-order valence-corrected chi connectivity index (χ0v) is 10.9. The topological polar surface area (TPSA) is 6.48 Å². The summed E-state index contributed by atoms with van der Waals surface area (Å²) in [6.07, 6.45) is 0. The third kappa shape index (κ3) is 2.24. The van der Waals surface area contributed by atoms with Crippen LogP contribution in [-0.4, -0.2) is 20.1 Å². The molecule has 0 amide bonds. The normalized spacial score (nSPS) is 14.8. The number of hydrogen-bond donors (Lipinski definition) is 0. The highest BCUT2D eigenvalue weighted by Gasteiger charge is 2.34. The molecule has 2 aromatic rings. The molecule has 2 aromatic carbocycles. The van der Waals surface area contributed by atoms with E-state index in [9.17, 15) is 0 Å². The third-order valence-electron chi connectivity index (χ3n) is 3.61. The fraction of sp³-hybridized carbons (Fsp3) is 0.125. The Bertz CT molecular complexity index is 494. The summed E-state index contributed by atoms with van der Waals surface area (Å²) in [6.45, 7) is 6.28. The molecule has 0 bridgehead atoms. The maximum atomic E-state index is 4.01. The van der Waals surface area contributed by atoms with E-state index in [1.54, 1.807) is 0 Å². The lowest BCUT2D eigenvalue weighted by molar-refractivity contribution is 1.02. The van der Waals surface area contributed by atoms with Crippen molar-refractivity contribution in [3.05, 3.63) is 73.2 Å². The van der Waals surface area contributed by atoms with E-state index >= 15 is 0 Å². The molecular formula is C16H17BN2. The van der Waals surface area contributed by atoms with Crippen molar-refractivity contribution in [2.45, 2.75) is 0 Å².